The molecule has 0 spiro atoms. The van der Waals surface area contributed by atoms with Crippen LogP contribution in [0.15, 0.2) is 42.5 Å². The normalized spacial score (nSPS) is 16.2. The van der Waals surface area contributed by atoms with E-state index in [2.05, 4.69) is 36.6 Å². The van der Waals surface area contributed by atoms with E-state index in [1.807, 2.05) is 30.3 Å². The van der Waals surface area contributed by atoms with E-state index in [4.69, 9.17) is 4.74 Å². The number of anilines is 1. The summed E-state index contributed by atoms with van der Waals surface area (Å²) in [5.41, 5.74) is 4.49. The Morgan fingerprint density at radius 2 is 2.00 bits per heavy atom. The summed E-state index contributed by atoms with van der Waals surface area (Å²) in [5, 5.41) is 6.27. The number of carbonyl (C=O) groups is 1. The maximum Gasteiger partial charge on any atom is 0.239 e. The molecular weight excluding hydrogens is 288 g/mol. The number of aryl methyl sites for hydroxylation is 2. The van der Waals surface area contributed by atoms with Gasteiger partial charge < -0.3 is 15.4 Å². The van der Waals surface area contributed by atoms with Crippen LogP contribution in [0.4, 0.5) is 5.69 Å². The second kappa shape index (κ2) is 6.73. The lowest BCUT2D eigenvalue weighted by atomic mass is 10.0. The third-order valence-corrected chi connectivity index (χ3v) is 4.25. The van der Waals surface area contributed by atoms with Gasteiger partial charge in [0.2, 0.25) is 5.91 Å². The Bertz CT molecular complexity index is 712. The van der Waals surface area contributed by atoms with Crippen molar-refractivity contribution in [1.29, 1.82) is 0 Å². The quantitative estimate of drug-likeness (QED) is 0.910. The summed E-state index contributed by atoms with van der Waals surface area (Å²) in [6, 6.07) is 14.0. The van der Waals surface area contributed by atoms with E-state index in [1.165, 1.54) is 11.1 Å². The molecule has 0 saturated heterocycles. The van der Waals surface area contributed by atoms with Gasteiger partial charge in [0.25, 0.3) is 0 Å². The monoisotopic (exact) mass is 310 g/mol. The van der Waals surface area contributed by atoms with Crippen molar-refractivity contribution in [3.8, 4) is 5.75 Å². The molecule has 0 bridgehead atoms. The second-order valence-corrected chi connectivity index (χ2v) is 5.95. The molecule has 0 aromatic heterocycles. The minimum atomic E-state index is -0.00932. The molecule has 2 aromatic rings. The smallest absolute Gasteiger partial charge is 0.239 e. The number of ether oxygens (including phenoxy) is 1. The van der Waals surface area contributed by atoms with E-state index in [1.54, 1.807) is 0 Å². The van der Waals surface area contributed by atoms with Crippen LogP contribution >= 0.6 is 0 Å². The molecule has 0 aliphatic carbocycles. The van der Waals surface area contributed by atoms with Gasteiger partial charge in [0.1, 0.15) is 5.75 Å². The van der Waals surface area contributed by atoms with Gasteiger partial charge in [0.15, 0.2) is 0 Å². The fourth-order valence-corrected chi connectivity index (χ4v) is 2.77. The van der Waals surface area contributed by atoms with Crippen molar-refractivity contribution in [1.82, 2.24) is 5.32 Å². The molecule has 23 heavy (non-hydrogen) atoms. The third-order valence-electron chi connectivity index (χ3n) is 4.25. The third kappa shape index (κ3) is 3.65. The summed E-state index contributed by atoms with van der Waals surface area (Å²) in [5.74, 6) is 0.857. The van der Waals surface area contributed by atoms with Crippen LogP contribution in [0.2, 0.25) is 0 Å². The molecule has 120 valence electrons. The summed E-state index contributed by atoms with van der Waals surface area (Å²) >= 11 is 0. The van der Waals surface area contributed by atoms with Gasteiger partial charge in [-0.15, -0.1) is 0 Å². The predicted octanol–water partition coefficient (Wildman–Crippen LogP) is 3.36. The highest BCUT2D eigenvalue weighted by atomic mass is 16.5. The highest BCUT2D eigenvalue weighted by Crippen LogP contribution is 2.31. The maximum absolute atomic E-state index is 12.2. The summed E-state index contributed by atoms with van der Waals surface area (Å²) in [7, 11) is 0. The highest BCUT2D eigenvalue weighted by Gasteiger charge is 2.22. The van der Waals surface area contributed by atoms with Gasteiger partial charge >= 0.3 is 0 Å². The molecule has 1 amide bonds. The number of rotatable bonds is 4. The number of para-hydroxylation sites is 1. The minimum Gasteiger partial charge on any atom is -0.493 e. The van der Waals surface area contributed by atoms with E-state index in [9.17, 15) is 4.79 Å². The van der Waals surface area contributed by atoms with Gasteiger partial charge in [-0.1, -0.05) is 24.3 Å². The zero-order valence-corrected chi connectivity index (χ0v) is 13.6. The molecule has 0 fully saturated rings. The number of fused-ring (bicyclic) bond motifs is 1. The lowest BCUT2D eigenvalue weighted by molar-refractivity contribution is -0.120. The van der Waals surface area contributed by atoms with Gasteiger partial charge in [-0.25, -0.2) is 0 Å². The van der Waals surface area contributed by atoms with Crippen LogP contribution in [0.3, 0.4) is 0 Å². The lowest BCUT2D eigenvalue weighted by Gasteiger charge is -2.26. The van der Waals surface area contributed by atoms with Crippen molar-refractivity contribution in [2.75, 3.05) is 18.5 Å². The molecule has 1 atom stereocenters. The number of amides is 1. The van der Waals surface area contributed by atoms with Crippen LogP contribution in [0.25, 0.3) is 0 Å². The molecule has 3 rings (SSSR count). The average Bonchev–Trinajstić information content (AvgIpc) is 2.56. The Labute approximate surface area is 136 Å². The summed E-state index contributed by atoms with van der Waals surface area (Å²) < 4.78 is 5.62. The van der Waals surface area contributed by atoms with Crippen LogP contribution in [-0.4, -0.2) is 19.1 Å². The van der Waals surface area contributed by atoms with Crippen molar-refractivity contribution in [3.63, 3.8) is 0 Å². The molecule has 1 aliphatic heterocycles. The van der Waals surface area contributed by atoms with Crippen LogP contribution < -0.4 is 15.4 Å². The Kier molecular flexibility index (Phi) is 4.51. The number of nitrogens with one attached hydrogen (secondary N) is 2. The predicted molar refractivity (Wildman–Crippen MR) is 91.8 cm³/mol. The Balaban J connectivity index is 1.59. The SMILES string of the molecule is Cc1ccc(NCC(=O)NC2CCOc3ccccc32)cc1C. The Hall–Kier alpha value is -2.49. The van der Waals surface area contributed by atoms with Gasteiger partial charge in [-0.2, -0.15) is 0 Å². The first-order valence-corrected chi connectivity index (χ1v) is 7.96. The largest absolute Gasteiger partial charge is 0.493 e. The highest BCUT2D eigenvalue weighted by molar-refractivity contribution is 5.81. The van der Waals surface area contributed by atoms with Gasteiger partial charge in [0, 0.05) is 17.7 Å². The zero-order chi connectivity index (χ0) is 16.2. The van der Waals surface area contributed by atoms with Gasteiger partial charge in [-0.05, 0) is 43.2 Å². The van der Waals surface area contributed by atoms with Crippen LogP contribution in [0.5, 0.6) is 5.75 Å². The molecule has 4 heteroatoms. The van der Waals surface area contributed by atoms with Crippen molar-refractivity contribution >= 4 is 11.6 Å². The molecule has 4 nitrogen and oxygen atoms in total. The topological polar surface area (TPSA) is 50.4 Å². The number of hydrogen-bond donors (Lipinski definition) is 2. The molecule has 0 saturated carbocycles. The zero-order valence-electron chi connectivity index (χ0n) is 13.6. The second-order valence-electron chi connectivity index (χ2n) is 5.95. The first-order chi connectivity index (χ1) is 11.1. The minimum absolute atomic E-state index is 0.00932. The molecule has 2 N–H and O–H groups in total. The standard InChI is InChI=1S/C19H22N2O2/c1-13-7-8-15(11-14(13)2)20-12-19(22)21-17-9-10-23-18-6-4-3-5-16(17)18/h3-8,11,17,20H,9-10,12H2,1-2H3,(H,21,22). The van der Waals surface area contributed by atoms with E-state index in [0.717, 1.165) is 23.4 Å². The van der Waals surface area contributed by atoms with Crippen molar-refractivity contribution in [3.05, 3.63) is 59.2 Å². The summed E-state index contributed by atoms with van der Waals surface area (Å²) in [6.45, 7) is 5.04. The van der Waals surface area contributed by atoms with Crippen molar-refractivity contribution in [2.24, 2.45) is 0 Å². The average molecular weight is 310 g/mol. The fourth-order valence-electron chi connectivity index (χ4n) is 2.77. The molecule has 1 heterocycles. The molecule has 1 unspecified atom stereocenters. The van der Waals surface area contributed by atoms with Crippen molar-refractivity contribution < 1.29 is 9.53 Å². The van der Waals surface area contributed by atoms with E-state index >= 15 is 0 Å². The number of benzene rings is 2. The molecule has 0 radical (unpaired) electrons. The number of hydrogen-bond acceptors (Lipinski definition) is 3. The van der Waals surface area contributed by atoms with Gasteiger partial charge in [0.05, 0.1) is 19.2 Å². The fraction of sp³-hybridized carbons (Fsp3) is 0.316. The van der Waals surface area contributed by atoms with Crippen LogP contribution in [0, 0.1) is 13.8 Å². The summed E-state index contributed by atoms with van der Waals surface area (Å²) in [6.07, 6.45) is 0.798. The maximum atomic E-state index is 12.2. The first kappa shape index (κ1) is 15.4. The van der Waals surface area contributed by atoms with E-state index in [0.29, 0.717) is 6.61 Å². The van der Waals surface area contributed by atoms with Crippen molar-refractivity contribution in [2.45, 2.75) is 26.3 Å². The summed E-state index contributed by atoms with van der Waals surface area (Å²) in [4.78, 5) is 12.2. The molecule has 1 aliphatic rings. The first-order valence-electron chi connectivity index (χ1n) is 7.96. The van der Waals surface area contributed by atoms with E-state index in [-0.39, 0.29) is 18.5 Å². The van der Waals surface area contributed by atoms with Crippen LogP contribution in [-0.2, 0) is 4.79 Å². The Morgan fingerprint density at radius 1 is 1.17 bits per heavy atom. The molecular formula is C19H22N2O2. The lowest BCUT2D eigenvalue weighted by Crippen LogP contribution is -2.35. The Morgan fingerprint density at radius 3 is 2.83 bits per heavy atom. The van der Waals surface area contributed by atoms with Gasteiger partial charge in [-0.3, -0.25) is 4.79 Å². The van der Waals surface area contributed by atoms with E-state index < -0.39 is 0 Å². The number of carbonyl (C=O) groups excluding carboxylic acids is 1. The molecule has 2 aromatic carbocycles. The van der Waals surface area contributed by atoms with Crippen LogP contribution in [0.1, 0.15) is 29.2 Å².